The van der Waals surface area contributed by atoms with Gasteiger partial charge in [0.2, 0.25) is 0 Å². The van der Waals surface area contributed by atoms with Crippen molar-refractivity contribution in [3.63, 3.8) is 0 Å². The lowest BCUT2D eigenvalue weighted by atomic mass is 10.2. The first-order valence-corrected chi connectivity index (χ1v) is 3.56. The first-order chi connectivity index (χ1) is 6.13. The van der Waals surface area contributed by atoms with Crippen molar-refractivity contribution in [1.82, 2.24) is 5.32 Å². The van der Waals surface area contributed by atoms with E-state index in [2.05, 4.69) is 18.5 Å². The van der Waals surface area contributed by atoms with Gasteiger partial charge in [-0.2, -0.15) is 5.26 Å². The van der Waals surface area contributed by atoms with Crippen LogP contribution in [0.1, 0.15) is 0 Å². The van der Waals surface area contributed by atoms with Crippen molar-refractivity contribution >= 4 is 5.91 Å². The van der Waals surface area contributed by atoms with E-state index in [0.29, 0.717) is 11.5 Å². The number of rotatable bonds is 1. The topological polar surface area (TPSA) is 62.1 Å². The number of morpholine rings is 1. The number of carbonyl (C=O) groups is 1. The summed E-state index contributed by atoms with van der Waals surface area (Å²) in [6, 6.07) is 1.83. The number of ether oxygens (including phenoxy) is 1. The summed E-state index contributed by atoms with van der Waals surface area (Å²) in [7, 11) is 0. The monoisotopic (exact) mass is 176 g/mol. The van der Waals surface area contributed by atoms with E-state index in [1.54, 1.807) is 0 Å². The summed E-state index contributed by atoms with van der Waals surface area (Å²) >= 11 is 0. The molecule has 1 aliphatic rings. The molecular formula is C9H8N2O2. The van der Waals surface area contributed by atoms with Gasteiger partial charge in [0.1, 0.15) is 5.76 Å². The molecule has 0 unspecified atom stereocenters. The van der Waals surface area contributed by atoms with Gasteiger partial charge in [-0.25, -0.2) is 0 Å². The van der Waals surface area contributed by atoms with Gasteiger partial charge in [-0.15, -0.1) is 0 Å². The second kappa shape index (κ2) is 3.59. The molecule has 0 saturated carbocycles. The smallest absolute Gasteiger partial charge is 0.262 e. The van der Waals surface area contributed by atoms with Gasteiger partial charge in [-0.05, 0) is 6.08 Å². The summed E-state index contributed by atoms with van der Waals surface area (Å²) in [6.45, 7) is 6.97. The summed E-state index contributed by atoms with van der Waals surface area (Å²) in [5.74, 6) is 0.0837. The van der Waals surface area contributed by atoms with E-state index in [4.69, 9.17) is 10.00 Å². The van der Waals surface area contributed by atoms with Gasteiger partial charge in [0.25, 0.3) is 5.91 Å². The van der Waals surface area contributed by atoms with E-state index in [9.17, 15) is 4.79 Å². The third kappa shape index (κ3) is 2.20. The molecule has 13 heavy (non-hydrogen) atoms. The maximum Gasteiger partial charge on any atom is 0.262 e. The molecule has 0 spiro atoms. The maximum absolute atomic E-state index is 10.9. The van der Waals surface area contributed by atoms with Crippen LogP contribution in [0.5, 0.6) is 0 Å². The van der Waals surface area contributed by atoms with Crippen molar-refractivity contribution in [2.75, 3.05) is 6.61 Å². The van der Waals surface area contributed by atoms with Crippen LogP contribution in [0.25, 0.3) is 0 Å². The number of nitrogens with zero attached hydrogens (tertiary/aromatic N) is 1. The van der Waals surface area contributed by atoms with Crippen LogP contribution < -0.4 is 5.32 Å². The maximum atomic E-state index is 10.9. The standard InChI is InChI=1S/C9H8N2O2/c1-6(4-10)3-8-7(2)13-5-9(12)11-8/h3H,1-2,5H2,(H,11,12)/b8-3+. The average Bonchev–Trinajstić information content (AvgIpc) is 2.11. The molecule has 1 rings (SSSR count). The largest absolute Gasteiger partial charge is 0.482 e. The Morgan fingerprint density at radius 2 is 2.46 bits per heavy atom. The molecule has 0 atom stereocenters. The Bertz CT molecular complexity index is 347. The lowest BCUT2D eigenvalue weighted by Crippen LogP contribution is -2.33. The molecule has 1 aliphatic heterocycles. The van der Waals surface area contributed by atoms with Crippen molar-refractivity contribution < 1.29 is 9.53 Å². The van der Waals surface area contributed by atoms with E-state index < -0.39 is 0 Å². The summed E-state index contributed by atoms with van der Waals surface area (Å²) in [4.78, 5) is 10.9. The van der Waals surface area contributed by atoms with Crippen LogP contribution in [0.3, 0.4) is 0 Å². The number of allylic oxidation sites excluding steroid dienone is 2. The van der Waals surface area contributed by atoms with Crippen LogP contribution in [-0.4, -0.2) is 12.5 Å². The molecule has 1 heterocycles. The normalized spacial score (nSPS) is 18.8. The molecular weight excluding hydrogens is 168 g/mol. The summed E-state index contributed by atoms with van der Waals surface area (Å²) in [5.41, 5.74) is 0.629. The molecule has 66 valence electrons. The molecule has 1 saturated heterocycles. The van der Waals surface area contributed by atoms with Gasteiger partial charge in [0.15, 0.2) is 6.61 Å². The van der Waals surface area contributed by atoms with Crippen molar-refractivity contribution in [2.45, 2.75) is 0 Å². The number of hydrogen-bond donors (Lipinski definition) is 1. The Morgan fingerprint density at radius 1 is 1.77 bits per heavy atom. The molecule has 1 N–H and O–H groups in total. The minimum atomic E-state index is -0.260. The lowest BCUT2D eigenvalue weighted by Gasteiger charge is -2.18. The van der Waals surface area contributed by atoms with Crippen LogP contribution in [0.4, 0.5) is 0 Å². The molecule has 0 aromatic heterocycles. The molecule has 1 fully saturated rings. The van der Waals surface area contributed by atoms with Gasteiger partial charge in [0, 0.05) is 5.57 Å². The van der Waals surface area contributed by atoms with E-state index in [1.165, 1.54) is 6.08 Å². The van der Waals surface area contributed by atoms with Crippen molar-refractivity contribution in [3.8, 4) is 6.07 Å². The lowest BCUT2D eigenvalue weighted by molar-refractivity contribution is -0.125. The van der Waals surface area contributed by atoms with Crippen LogP contribution in [-0.2, 0) is 9.53 Å². The third-order valence-electron chi connectivity index (χ3n) is 1.41. The summed E-state index contributed by atoms with van der Waals surface area (Å²) in [5, 5.41) is 11.0. The van der Waals surface area contributed by atoms with Crippen LogP contribution in [0.2, 0.25) is 0 Å². The zero-order chi connectivity index (χ0) is 9.84. The highest BCUT2D eigenvalue weighted by Crippen LogP contribution is 2.12. The number of nitrogens with one attached hydrogen (secondary N) is 1. The SMILES string of the molecule is C=C(C#N)/C=C1/NC(=O)COC1=C. The number of amides is 1. The molecule has 0 bridgehead atoms. The summed E-state index contributed by atoms with van der Waals surface area (Å²) < 4.78 is 4.92. The second-order valence-corrected chi connectivity index (χ2v) is 2.46. The third-order valence-corrected chi connectivity index (χ3v) is 1.41. The highest BCUT2D eigenvalue weighted by atomic mass is 16.5. The minimum Gasteiger partial charge on any atom is -0.482 e. The molecule has 4 nitrogen and oxygen atoms in total. The molecule has 0 aliphatic carbocycles. The molecule has 4 heteroatoms. The van der Waals surface area contributed by atoms with Gasteiger partial charge < -0.3 is 10.1 Å². The van der Waals surface area contributed by atoms with Gasteiger partial charge in [0.05, 0.1) is 11.8 Å². The molecule has 0 aromatic carbocycles. The Kier molecular flexibility index (Phi) is 2.50. The van der Waals surface area contributed by atoms with E-state index in [0.717, 1.165) is 0 Å². The predicted molar refractivity (Wildman–Crippen MR) is 46.1 cm³/mol. The fourth-order valence-electron chi connectivity index (χ4n) is 0.809. The van der Waals surface area contributed by atoms with Gasteiger partial charge in [-0.3, -0.25) is 4.79 Å². The predicted octanol–water partition coefficient (Wildman–Crippen LogP) is 0.610. The number of hydrogen-bond acceptors (Lipinski definition) is 3. The number of carbonyl (C=O) groups excluding carboxylic acids is 1. The Hall–Kier alpha value is -2.02. The fraction of sp³-hybridized carbons (Fsp3) is 0.111. The second-order valence-electron chi connectivity index (χ2n) is 2.46. The van der Waals surface area contributed by atoms with Crippen LogP contribution >= 0.6 is 0 Å². The van der Waals surface area contributed by atoms with E-state index >= 15 is 0 Å². The zero-order valence-electron chi connectivity index (χ0n) is 6.96. The van der Waals surface area contributed by atoms with Crippen LogP contribution in [0, 0.1) is 11.3 Å². The Labute approximate surface area is 75.8 Å². The highest BCUT2D eigenvalue weighted by Gasteiger charge is 2.16. The van der Waals surface area contributed by atoms with Crippen molar-refractivity contribution in [3.05, 3.63) is 36.3 Å². The molecule has 0 aromatic rings. The average molecular weight is 176 g/mol. The van der Waals surface area contributed by atoms with Gasteiger partial charge in [-0.1, -0.05) is 13.2 Å². The molecule has 0 radical (unpaired) electrons. The fourth-order valence-corrected chi connectivity index (χ4v) is 0.809. The first kappa shape index (κ1) is 9.07. The van der Waals surface area contributed by atoms with Gasteiger partial charge >= 0.3 is 0 Å². The first-order valence-electron chi connectivity index (χ1n) is 3.56. The van der Waals surface area contributed by atoms with Crippen molar-refractivity contribution in [2.24, 2.45) is 0 Å². The van der Waals surface area contributed by atoms with E-state index in [-0.39, 0.29) is 18.1 Å². The molecule has 1 amide bonds. The Morgan fingerprint density at radius 3 is 3.08 bits per heavy atom. The quantitative estimate of drug-likeness (QED) is 0.595. The van der Waals surface area contributed by atoms with Crippen molar-refractivity contribution in [1.29, 1.82) is 5.26 Å². The Balaban J connectivity index is 2.84. The zero-order valence-corrected chi connectivity index (χ0v) is 6.96. The number of nitriles is 1. The minimum absolute atomic E-state index is 0.0325. The summed E-state index contributed by atoms with van der Waals surface area (Å²) in [6.07, 6.45) is 1.42. The van der Waals surface area contributed by atoms with E-state index in [1.807, 2.05) is 6.07 Å². The highest BCUT2D eigenvalue weighted by molar-refractivity contribution is 5.81. The van der Waals surface area contributed by atoms with Crippen LogP contribution in [0.15, 0.2) is 36.3 Å².